The van der Waals surface area contributed by atoms with E-state index >= 15 is 0 Å². The third kappa shape index (κ3) is 4.05. The van der Waals surface area contributed by atoms with Crippen molar-refractivity contribution >= 4 is 5.91 Å². The number of rotatable bonds is 6. The number of aryl methyl sites for hydroxylation is 2. The van der Waals surface area contributed by atoms with E-state index in [2.05, 4.69) is 15.5 Å². The molecule has 0 fully saturated rings. The van der Waals surface area contributed by atoms with E-state index in [1.807, 2.05) is 42.7 Å². The molecule has 1 atom stereocenters. The van der Waals surface area contributed by atoms with Crippen molar-refractivity contribution in [2.24, 2.45) is 0 Å². The van der Waals surface area contributed by atoms with Gasteiger partial charge in [0.25, 0.3) is 5.91 Å². The maximum atomic E-state index is 12.0. The first kappa shape index (κ1) is 15.0. The first-order valence-electron chi connectivity index (χ1n) is 6.98. The Balaban J connectivity index is 1.88. The molecule has 0 saturated heterocycles. The monoisotopic (exact) mass is 288 g/mol. The summed E-state index contributed by atoms with van der Waals surface area (Å²) < 4.78 is 7.51. The minimum atomic E-state index is -0.565. The predicted molar refractivity (Wildman–Crippen MR) is 78.8 cm³/mol. The second kappa shape index (κ2) is 6.88. The van der Waals surface area contributed by atoms with Crippen molar-refractivity contribution in [3.63, 3.8) is 0 Å². The van der Waals surface area contributed by atoms with E-state index in [0.29, 0.717) is 12.3 Å². The molecule has 0 saturated carbocycles. The van der Waals surface area contributed by atoms with Gasteiger partial charge in [-0.05, 0) is 38.5 Å². The lowest BCUT2D eigenvalue weighted by atomic mass is 10.2. The molecule has 0 aliphatic heterocycles. The van der Waals surface area contributed by atoms with Crippen LogP contribution in [0.1, 0.15) is 25.2 Å². The largest absolute Gasteiger partial charge is 0.481 e. The molecule has 6 heteroatoms. The van der Waals surface area contributed by atoms with Gasteiger partial charge in [-0.3, -0.25) is 4.79 Å². The highest BCUT2D eigenvalue weighted by Crippen LogP contribution is 2.14. The van der Waals surface area contributed by atoms with E-state index in [9.17, 15) is 4.79 Å². The fraction of sp³-hybridized carbons (Fsp3) is 0.400. The second-order valence-electron chi connectivity index (χ2n) is 4.83. The first-order valence-corrected chi connectivity index (χ1v) is 6.98. The summed E-state index contributed by atoms with van der Waals surface area (Å²) in [7, 11) is 0. The number of aromatic nitrogens is 3. The molecule has 2 rings (SSSR count). The van der Waals surface area contributed by atoms with E-state index in [1.54, 1.807) is 13.3 Å². The van der Waals surface area contributed by atoms with Gasteiger partial charge in [0.15, 0.2) is 11.9 Å². The van der Waals surface area contributed by atoms with Crippen molar-refractivity contribution in [2.45, 2.75) is 40.0 Å². The van der Waals surface area contributed by atoms with Crippen LogP contribution in [0.4, 0.5) is 0 Å². The Morgan fingerprint density at radius 1 is 1.48 bits per heavy atom. The fourth-order valence-corrected chi connectivity index (χ4v) is 1.94. The average molecular weight is 288 g/mol. The highest BCUT2D eigenvalue weighted by atomic mass is 16.5. The number of benzene rings is 1. The summed E-state index contributed by atoms with van der Waals surface area (Å²) in [5.41, 5.74) is 1.09. The average Bonchev–Trinajstić information content (AvgIpc) is 2.92. The van der Waals surface area contributed by atoms with E-state index in [4.69, 9.17) is 4.74 Å². The van der Waals surface area contributed by atoms with Gasteiger partial charge in [0.2, 0.25) is 0 Å². The molecule has 0 spiro atoms. The van der Waals surface area contributed by atoms with Crippen molar-refractivity contribution < 1.29 is 9.53 Å². The molecule has 1 aromatic heterocycles. The topological polar surface area (TPSA) is 69.0 Å². The molecular formula is C15H20N4O2. The summed E-state index contributed by atoms with van der Waals surface area (Å²) in [6.07, 6.45) is 1.08. The van der Waals surface area contributed by atoms with Crippen molar-refractivity contribution in [2.75, 3.05) is 0 Å². The van der Waals surface area contributed by atoms with Crippen LogP contribution < -0.4 is 10.1 Å². The molecule has 1 amide bonds. The van der Waals surface area contributed by atoms with Crippen LogP contribution in [0.3, 0.4) is 0 Å². The quantitative estimate of drug-likeness (QED) is 0.878. The first-order chi connectivity index (χ1) is 10.1. The summed E-state index contributed by atoms with van der Waals surface area (Å²) in [5, 5.41) is 10.6. The molecule has 1 aromatic carbocycles. The normalized spacial score (nSPS) is 12.0. The maximum absolute atomic E-state index is 12.0. The molecule has 1 N–H and O–H groups in total. The number of carbonyl (C=O) groups excluding carboxylic acids is 1. The summed E-state index contributed by atoms with van der Waals surface area (Å²) in [6.45, 7) is 6.82. The van der Waals surface area contributed by atoms with Gasteiger partial charge in [0.05, 0.1) is 6.54 Å². The van der Waals surface area contributed by atoms with Gasteiger partial charge in [-0.15, -0.1) is 10.2 Å². The lowest BCUT2D eigenvalue weighted by molar-refractivity contribution is -0.127. The number of hydrogen-bond acceptors (Lipinski definition) is 4. The Kier molecular flexibility index (Phi) is 4.92. The van der Waals surface area contributed by atoms with Gasteiger partial charge in [-0.1, -0.05) is 12.1 Å². The van der Waals surface area contributed by atoms with Gasteiger partial charge in [0.1, 0.15) is 12.1 Å². The Hall–Kier alpha value is -2.37. The Bertz CT molecular complexity index is 609. The van der Waals surface area contributed by atoms with Gasteiger partial charge in [0, 0.05) is 6.54 Å². The van der Waals surface area contributed by atoms with Crippen molar-refractivity contribution in [1.82, 2.24) is 20.1 Å². The van der Waals surface area contributed by atoms with Crippen LogP contribution in [0.2, 0.25) is 0 Å². The van der Waals surface area contributed by atoms with Crippen LogP contribution in [0, 0.1) is 6.92 Å². The van der Waals surface area contributed by atoms with Gasteiger partial charge >= 0.3 is 0 Å². The fourth-order valence-electron chi connectivity index (χ4n) is 1.94. The van der Waals surface area contributed by atoms with Crippen LogP contribution in [0.15, 0.2) is 30.6 Å². The minimum absolute atomic E-state index is 0.179. The second-order valence-corrected chi connectivity index (χ2v) is 4.83. The smallest absolute Gasteiger partial charge is 0.261 e. The molecular weight excluding hydrogens is 268 g/mol. The lowest BCUT2D eigenvalue weighted by Gasteiger charge is -2.15. The minimum Gasteiger partial charge on any atom is -0.481 e. The Morgan fingerprint density at radius 2 is 2.29 bits per heavy atom. The van der Waals surface area contributed by atoms with Crippen molar-refractivity contribution in [1.29, 1.82) is 0 Å². The van der Waals surface area contributed by atoms with Crippen LogP contribution in [-0.4, -0.2) is 26.8 Å². The third-order valence-electron chi connectivity index (χ3n) is 3.13. The molecule has 0 aliphatic rings. The predicted octanol–water partition coefficient (Wildman–Crippen LogP) is 1.69. The molecule has 0 radical (unpaired) electrons. The zero-order chi connectivity index (χ0) is 15.2. The van der Waals surface area contributed by atoms with Crippen LogP contribution in [-0.2, 0) is 17.9 Å². The van der Waals surface area contributed by atoms with Crippen LogP contribution in [0.25, 0.3) is 0 Å². The van der Waals surface area contributed by atoms with Gasteiger partial charge in [-0.2, -0.15) is 0 Å². The standard InChI is InChI=1S/C15H20N4O2/c1-4-19-10-17-18-14(19)9-16-15(20)12(3)21-13-7-5-6-11(2)8-13/h5-8,10,12H,4,9H2,1-3H3,(H,16,20)/t12-/m1/s1. The highest BCUT2D eigenvalue weighted by molar-refractivity contribution is 5.80. The van der Waals surface area contributed by atoms with Crippen LogP contribution >= 0.6 is 0 Å². The van der Waals surface area contributed by atoms with E-state index < -0.39 is 6.10 Å². The molecule has 0 unspecified atom stereocenters. The molecule has 2 aromatic rings. The van der Waals surface area contributed by atoms with E-state index in [1.165, 1.54) is 0 Å². The van der Waals surface area contributed by atoms with E-state index in [-0.39, 0.29) is 5.91 Å². The van der Waals surface area contributed by atoms with Gasteiger partial charge in [-0.25, -0.2) is 0 Å². The number of hydrogen-bond donors (Lipinski definition) is 1. The summed E-state index contributed by atoms with van der Waals surface area (Å²) in [6, 6.07) is 7.62. The molecule has 6 nitrogen and oxygen atoms in total. The van der Waals surface area contributed by atoms with E-state index in [0.717, 1.165) is 17.9 Å². The summed E-state index contributed by atoms with van der Waals surface area (Å²) in [4.78, 5) is 12.0. The number of carbonyl (C=O) groups is 1. The zero-order valence-corrected chi connectivity index (χ0v) is 12.5. The number of nitrogens with zero attached hydrogens (tertiary/aromatic N) is 3. The number of amides is 1. The Labute approximate surface area is 124 Å². The molecule has 0 bridgehead atoms. The van der Waals surface area contributed by atoms with Crippen LogP contribution in [0.5, 0.6) is 5.75 Å². The molecule has 1 heterocycles. The molecule has 112 valence electrons. The SMILES string of the molecule is CCn1cnnc1CNC(=O)[C@@H](C)Oc1cccc(C)c1. The van der Waals surface area contributed by atoms with Crippen molar-refractivity contribution in [3.8, 4) is 5.75 Å². The number of ether oxygens (including phenoxy) is 1. The Morgan fingerprint density at radius 3 is 3.00 bits per heavy atom. The number of nitrogens with one attached hydrogen (secondary N) is 1. The maximum Gasteiger partial charge on any atom is 0.261 e. The molecule has 21 heavy (non-hydrogen) atoms. The highest BCUT2D eigenvalue weighted by Gasteiger charge is 2.15. The van der Waals surface area contributed by atoms with Crippen molar-refractivity contribution in [3.05, 3.63) is 42.0 Å². The summed E-state index contributed by atoms with van der Waals surface area (Å²) >= 11 is 0. The van der Waals surface area contributed by atoms with Gasteiger partial charge < -0.3 is 14.6 Å². The zero-order valence-electron chi connectivity index (χ0n) is 12.5. The molecule has 0 aliphatic carbocycles. The lowest BCUT2D eigenvalue weighted by Crippen LogP contribution is -2.36. The summed E-state index contributed by atoms with van der Waals surface area (Å²) in [5.74, 6) is 1.24. The third-order valence-corrected chi connectivity index (χ3v) is 3.13.